The first kappa shape index (κ1) is 19.2. The van der Waals surface area contributed by atoms with E-state index in [9.17, 15) is 9.59 Å². The average Bonchev–Trinajstić information content (AvgIpc) is 2.82. The van der Waals surface area contributed by atoms with Crippen LogP contribution in [0.5, 0.6) is 5.75 Å². The van der Waals surface area contributed by atoms with Crippen LogP contribution in [-0.4, -0.2) is 18.4 Å². The number of carbonyl (C=O) groups is 2. The van der Waals surface area contributed by atoms with Crippen molar-refractivity contribution in [3.05, 3.63) is 64.2 Å². The molecule has 0 saturated carbocycles. The molecule has 3 rings (SSSR count). The van der Waals surface area contributed by atoms with E-state index < -0.39 is 11.8 Å². The molecule has 1 aliphatic heterocycles. The van der Waals surface area contributed by atoms with Crippen molar-refractivity contribution in [2.75, 3.05) is 11.5 Å². The number of amides is 2. The molecule has 2 amide bonds. The van der Waals surface area contributed by atoms with Gasteiger partial charge in [0.25, 0.3) is 11.8 Å². The van der Waals surface area contributed by atoms with E-state index in [1.165, 1.54) is 0 Å². The fourth-order valence-corrected chi connectivity index (χ4v) is 3.32. The molecule has 5 heteroatoms. The van der Waals surface area contributed by atoms with Gasteiger partial charge >= 0.3 is 0 Å². The lowest BCUT2D eigenvalue weighted by atomic mass is 10.1. The van der Waals surface area contributed by atoms with Crippen LogP contribution in [-0.2, 0) is 9.59 Å². The van der Waals surface area contributed by atoms with E-state index in [-0.39, 0.29) is 10.6 Å². The van der Waals surface area contributed by atoms with Crippen molar-refractivity contribution in [2.45, 2.75) is 27.7 Å². The fourth-order valence-electron chi connectivity index (χ4n) is 3.05. The summed E-state index contributed by atoms with van der Waals surface area (Å²) in [6, 6.07) is 12.7. The van der Waals surface area contributed by atoms with Crippen LogP contribution in [0.3, 0.4) is 0 Å². The summed E-state index contributed by atoms with van der Waals surface area (Å²) < 4.78 is 5.67. The Bertz CT molecular complexity index is 909. The molecule has 0 bridgehead atoms. The zero-order chi connectivity index (χ0) is 19.7. The number of hydrogen-bond donors (Lipinski definition) is 0. The Morgan fingerprint density at radius 1 is 0.963 bits per heavy atom. The molecule has 1 heterocycles. The minimum absolute atomic E-state index is 0.0602. The van der Waals surface area contributed by atoms with Gasteiger partial charge in [-0.3, -0.25) is 9.59 Å². The fraction of sp³-hybridized carbons (Fsp3) is 0.273. The summed E-state index contributed by atoms with van der Waals surface area (Å²) in [4.78, 5) is 26.8. The van der Waals surface area contributed by atoms with Crippen LogP contribution in [0.25, 0.3) is 5.57 Å². The Kier molecular flexibility index (Phi) is 5.38. The molecule has 140 valence electrons. The molecule has 0 radical (unpaired) electrons. The van der Waals surface area contributed by atoms with Crippen LogP contribution in [0.15, 0.2) is 47.5 Å². The second-order valence-corrected chi connectivity index (χ2v) is 7.59. The van der Waals surface area contributed by atoms with Crippen LogP contribution in [0.1, 0.15) is 30.5 Å². The first-order valence-corrected chi connectivity index (χ1v) is 9.26. The van der Waals surface area contributed by atoms with Crippen molar-refractivity contribution in [3.8, 4) is 5.75 Å². The van der Waals surface area contributed by atoms with Gasteiger partial charge in [-0.2, -0.15) is 0 Å². The first-order chi connectivity index (χ1) is 12.8. The number of aryl methyl sites for hydroxylation is 2. The van der Waals surface area contributed by atoms with E-state index in [4.69, 9.17) is 16.3 Å². The van der Waals surface area contributed by atoms with Gasteiger partial charge in [-0.05, 0) is 60.7 Å². The molecule has 0 saturated heterocycles. The molecule has 4 nitrogen and oxygen atoms in total. The minimum atomic E-state index is -0.498. The lowest BCUT2D eigenvalue weighted by Crippen LogP contribution is -2.31. The Labute approximate surface area is 164 Å². The summed E-state index contributed by atoms with van der Waals surface area (Å²) in [5.74, 6) is 0.224. The molecule has 0 N–H and O–H groups in total. The SMILES string of the molecule is Cc1cc(C)cc(N2C(=O)C(Cl)=C(c3ccc(OCC(C)C)cc3)C2=O)c1. The van der Waals surface area contributed by atoms with Crippen molar-refractivity contribution in [3.63, 3.8) is 0 Å². The van der Waals surface area contributed by atoms with Crippen molar-refractivity contribution in [2.24, 2.45) is 5.92 Å². The number of anilines is 1. The molecule has 0 aliphatic carbocycles. The summed E-state index contributed by atoms with van der Waals surface area (Å²) in [5, 5.41) is -0.0602. The average molecular weight is 384 g/mol. The third-order valence-electron chi connectivity index (χ3n) is 4.22. The molecule has 0 fully saturated rings. The molecule has 0 aromatic heterocycles. The van der Waals surface area contributed by atoms with E-state index >= 15 is 0 Å². The van der Waals surface area contributed by atoms with Gasteiger partial charge in [0.15, 0.2) is 0 Å². The zero-order valence-corrected chi connectivity index (χ0v) is 16.6. The van der Waals surface area contributed by atoms with Gasteiger partial charge in [-0.15, -0.1) is 0 Å². The van der Waals surface area contributed by atoms with Crippen LogP contribution in [0, 0.1) is 19.8 Å². The van der Waals surface area contributed by atoms with E-state index in [0.717, 1.165) is 16.0 Å². The van der Waals surface area contributed by atoms with E-state index in [0.29, 0.717) is 29.5 Å². The van der Waals surface area contributed by atoms with E-state index in [1.807, 2.05) is 19.9 Å². The molecule has 1 aliphatic rings. The highest BCUT2D eigenvalue weighted by Gasteiger charge is 2.39. The third kappa shape index (κ3) is 3.91. The lowest BCUT2D eigenvalue weighted by Gasteiger charge is -2.16. The van der Waals surface area contributed by atoms with Gasteiger partial charge in [-0.25, -0.2) is 4.90 Å². The molecule has 2 aromatic rings. The summed E-state index contributed by atoms with van der Waals surface area (Å²) in [6.07, 6.45) is 0. The van der Waals surface area contributed by atoms with Gasteiger partial charge in [0, 0.05) is 0 Å². The highest BCUT2D eigenvalue weighted by molar-refractivity contribution is 6.60. The first-order valence-electron chi connectivity index (χ1n) is 8.88. The molecule has 0 spiro atoms. The highest BCUT2D eigenvalue weighted by Crippen LogP contribution is 2.36. The number of halogens is 1. The minimum Gasteiger partial charge on any atom is -0.493 e. The van der Waals surface area contributed by atoms with Gasteiger partial charge in [0.05, 0.1) is 17.9 Å². The van der Waals surface area contributed by atoms with Gasteiger partial charge in [0.1, 0.15) is 10.8 Å². The molecular weight excluding hydrogens is 362 g/mol. The van der Waals surface area contributed by atoms with Crippen LogP contribution in [0.2, 0.25) is 0 Å². The van der Waals surface area contributed by atoms with E-state index in [1.54, 1.807) is 36.4 Å². The highest BCUT2D eigenvalue weighted by atomic mass is 35.5. The number of hydrogen-bond acceptors (Lipinski definition) is 3. The topological polar surface area (TPSA) is 46.6 Å². The maximum Gasteiger partial charge on any atom is 0.277 e. The summed E-state index contributed by atoms with van der Waals surface area (Å²) in [6.45, 7) is 8.61. The van der Waals surface area contributed by atoms with Crippen LogP contribution in [0.4, 0.5) is 5.69 Å². The van der Waals surface area contributed by atoms with Gasteiger partial charge < -0.3 is 4.74 Å². The Balaban J connectivity index is 1.90. The van der Waals surface area contributed by atoms with Crippen LogP contribution >= 0.6 is 11.6 Å². The number of rotatable bonds is 5. The molecule has 0 atom stereocenters. The second kappa shape index (κ2) is 7.57. The number of nitrogens with zero attached hydrogens (tertiary/aromatic N) is 1. The predicted octanol–water partition coefficient (Wildman–Crippen LogP) is 4.86. The third-order valence-corrected chi connectivity index (χ3v) is 4.57. The summed E-state index contributed by atoms with van der Waals surface area (Å²) >= 11 is 6.26. The smallest absolute Gasteiger partial charge is 0.277 e. The Hall–Kier alpha value is -2.59. The van der Waals surface area contributed by atoms with Crippen molar-refractivity contribution < 1.29 is 14.3 Å². The monoisotopic (exact) mass is 383 g/mol. The predicted molar refractivity (Wildman–Crippen MR) is 108 cm³/mol. The molecule has 0 unspecified atom stereocenters. The van der Waals surface area contributed by atoms with Crippen molar-refractivity contribution >= 4 is 34.7 Å². The van der Waals surface area contributed by atoms with Gasteiger partial charge in [0.2, 0.25) is 0 Å². The van der Waals surface area contributed by atoms with Crippen molar-refractivity contribution in [1.29, 1.82) is 0 Å². The molecule has 2 aromatic carbocycles. The van der Waals surface area contributed by atoms with E-state index in [2.05, 4.69) is 13.8 Å². The number of carbonyl (C=O) groups excluding carboxylic acids is 2. The largest absolute Gasteiger partial charge is 0.493 e. The van der Waals surface area contributed by atoms with Gasteiger partial charge in [-0.1, -0.05) is 43.6 Å². The number of benzene rings is 2. The number of imide groups is 1. The van der Waals surface area contributed by atoms with Crippen molar-refractivity contribution in [1.82, 2.24) is 0 Å². The standard InChI is InChI=1S/C22H22ClNO3/c1-13(2)12-27-18-7-5-16(6-8-18)19-20(23)22(26)24(21(19)25)17-10-14(3)9-15(4)11-17/h5-11,13H,12H2,1-4H3. The summed E-state index contributed by atoms with van der Waals surface area (Å²) in [5.41, 5.74) is 3.30. The molecule has 27 heavy (non-hydrogen) atoms. The molecular formula is C22H22ClNO3. The quantitative estimate of drug-likeness (QED) is 0.692. The normalized spacial score (nSPS) is 14.5. The van der Waals surface area contributed by atoms with Crippen LogP contribution < -0.4 is 9.64 Å². The Morgan fingerprint density at radius 2 is 1.56 bits per heavy atom. The summed E-state index contributed by atoms with van der Waals surface area (Å²) in [7, 11) is 0. The zero-order valence-electron chi connectivity index (χ0n) is 15.9. The Morgan fingerprint density at radius 3 is 2.11 bits per heavy atom. The second-order valence-electron chi connectivity index (χ2n) is 7.21. The maximum absolute atomic E-state index is 13.0. The maximum atomic E-state index is 13.0. The number of ether oxygens (including phenoxy) is 1. The lowest BCUT2D eigenvalue weighted by molar-refractivity contribution is -0.119.